The fraction of sp³-hybridized carbons (Fsp3) is 0.0417. The van der Waals surface area contributed by atoms with Crippen LogP contribution in [0.5, 0.6) is 5.75 Å². The number of aryl methyl sites for hydroxylation is 1. The molecule has 6 rings (SSSR count). The summed E-state index contributed by atoms with van der Waals surface area (Å²) in [6.45, 7) is 2.11. The number of hydrogen-bond donors (Lipinski definition) is 2. The second-order valence-electron chi connectivity index (χ2n) is 7.66. The molecule has 0 unspecified atom stereocenters. The van der Waals surface area contributed by atoms with Crippen molar-refractivity contribution in [2.24, 2.45) is 0 Å². The molecule has 6 aromatic rings. The molecule has 0 spiro atoms. The maximum atomic E-state index is 13.6. The Kier molecular flexibility index (Phi) is 5.15. The van der Waals surface area contributed by atoms with Crippen LogP contribution in [0.25, 0.3) is 35.4 Å². The van der Waals surface area contributed by atoms with Crippen LogP contribution in [0.3, 0.4) is 0 Å². The van der Waals surface area contributed by atoms with E-state index >= 15 is 0 Å². The third-order valence-electron chi connectivity index (χ3n) is 5.46. The Hall–Kier alpha value is -3.23. The van der Waals surface area contributed by atoms with Gasteiger partial charge in [-0.1, -0.05) is 0 Å². The molecule has 3 aromatic heterocycles. The number of rotatable bonds is 4. The van der Waals surface area contributed by atoms with E-state index in [-0.39, 0.29) is 25.3 Å². The summed E-state index contributed by atoms with van der Waals surface area (Å²) in [6.07, 6.45) is 0. The predicted octanol–water partition coefficient (Wildman–Crippen LogP) is 6.28. The molecule has 0 aliphatic carbocycles. The summed E-state index contributed by atoms with van der Waals surface area (Å²) >= 11 is 7.54. The Labute approximate surface area is 208 Å². The summed E-state index contributed by atoms with van der Waals surface area (Å²) in [5, 5.41) is 28.5. The zero-order valence-electron chi connectivity index (χ0n) is 17.6. The molecule has 0 radical (unpaired) electrons. The average molecular weight is 555 g/mol. The van der Waals surface area contributed by atoms with Gasteiger partial charge in [-0.25, -0.2) is 0 Å². The van der Waals surface area contributed by atoms with Crippen LogP contribution in [0.1, 0.15) is 5.56 Å². The van der Waals surface area contributed by atoms with E-state index in [0.717, 1.165) is 32.9 Å². The third kappa shape index (κ3) is 3.58. The summed E-state index contributed by atoms with van der Waals surface area (Å²) in [4.78, 5) is 0.712. The first-order valence-electron chi connectivity index (χ1n) is 10.2. The summed E-state index contributed by atoms with van der Waals surface area (Å²) in [7, 11) is 0. The first-order valence-corrected chi connectivity index (χ1v) is 13.1. The van der Waals surface area contributed by atoms with E-state index in [9.17, 15) is 9.50 Å². The van der Waals surface area contributed by atoms with E-state index in [1.54, 1.807) is 40.9 Å². The van der Waals surface area contributed by atoms with Gasteiger partial charge >= 0.3 is 209 Å². The van der Waals surface area contributed by atoms with Crippen molar-refractivity contribution in [2.75, 3.05) is 5.32 Å². The van der Waals surface area contributed by atoms with E-state index < -0.39 is 5.82 Å². The molecule has 0 amide bonds. The Bertz CT molecular complexity index is 1690. The molecule has 0 atom stereocenters. The van der Waals surface area contributed by atoms with Crippen molar-refractivity contribution < 1.29 is 9.50 Å². The minimum atomic E-state index is -0.442. The van der Waals surface area contributed by atoms with Gasteiger partial charge in [0.25, 0.3) is 0 Å². The molecule has 0 saturated heterocycles. The number of phenols is 1. The van der Waals surface area contributed by atoms with Gasteiger partial charge in [0.15, 0.2) is 0 Å². The van der Waals surface area contributed by atoms with Crippen LogP contribution < -0.4 is 5.32 Å². The molecular formula is C24H15ClFN5OSSe. The van der Waals surface area contributed by atoms with Crippen molar-refractivity contribution in [1.29, 1.82) is 0 Å². The van der Waals surface area contributed by atoms with Gasteiger partial charge in [-0.2, -0.15) is 0 Å². The molecule has 6 nitrogen and oxygen atoms in total. The van der Waals surface area contributed by atoms with Crippen molar-refractivity contribution in [1.82, 2.24) is 19.8 Å². The van der Waals surface area contributed by atoms with Crippen molar-refractivity contribution in [3.8, 4) is 26.6 Å². The van der Waals surface area contributed by atoms with Gasteiger partial charge in [-0.15, -0.1) is 0 Å². The molecule has 3 aromatic carbocycles. The average Bonchev–Trinajstić information content (AvgIpc) is 3.50. The van der Waals surface area contributed by atoms with Crippen LogP contribution in [-0.2, 0) is 0 Å². The van der Waals surface area contributed by atoms with Gasteiger partial charge in [-0.3, -0.25) is 0 Å². The molecule has 2 N–H and O–H groups in total. The van der Waals surface area contributed by atoms with Crippen molar-refractivity contribution in [3.05, 3.63) is 77.1 Å². The van der Waals surface area contributed by atoms with Crippen LogP contribution in [0.2, 0.25) is 5.02 Å². The van der Waals surface area contributed by atoms with E-state index in [2.05, 4.69) is 28.5 Å². The van der Waals surface area contributed by atoms with Crippen LogP contribution in [0, 0.1) is 12.7 Å². The molecule has 34 heavy (non-hydrogen) atoms. The third-order valence-corrected chi connectivity index (χ3v) is 9.61. The van der Waals surface area contributed by atoms with Gasteiger partial charge in [0.05, 0.1) is 0 Å². The van der Waals surface area contributed by atoms with Crippen LogP contribution in [-0.4, -0.2) is 39.4 Å². The maximum absolute atomic E-state index is 13.6. The molecule has 0 saturated carbocycles. The van der Waals surface area contributed by atoms with Gasteiger partial charge in [-0.05, 0) is 0 Å². The van der Waals surface area contributed by atoms with Crippen LogP contribution in [0.4, 0.5) is 15.8 Å². The summed E-state index contributed by atoms with van der Waals surface area (Å²) < 4.78 is 17.8. The number of nitrogens with zero attached hydrogens (tertiary/aromatic N) is 4. The normalized spacial score (nSPS) is 11.5. The molecule has 0 fully saturated rings. The number of benzene rings is 3. The fourth-order valence-electron chi connectivity index (χ4n) is 3.84. The summed E-state index contributed by atoms with van der Waals surface area (Å²) in [5.74, 6) is 0.388. The number of phenolic OH excluding ortho intramolecular Hbond substituents is 1. The second-order valence-corrected chi connectivity index (χ2v) is 11.2. The Morgan fingerprint density at radius 3 is 2.71 bits per heavy atom. The molecule has 0 aliphatic rings. The van der Waals surface area contributed by atoms with Crippen molar-refractivity contribution in [2.45, 2.75) is 6.92 Å². The van der Waals surface area contributed by atoms with Gasteiger partial charge in [0, 0.05) is 0 Å². The number of halogens is 2. The number of aromatic nitrogens is 4. The quantitative estimate of drug-likeness (QED) is 0.251. The second kappa shape index (κ2) is 8.21. The zero-order valence-corrected chi connectivity index (χ0v) is 20.9. The molecule has 0 aliphatic heterocycles. The Morgan fingerprint density at radius 1 is 1.09 bits per heavy atom. The predicted molar refractivity (Wildman–Crippen MR) is 135 cm³/mol. The Morgan fingerprint density at radius 2 is 1.91 bits per heavy atom. The SMILES string of the molecule is Cc1c(-c2nn3c(-c4ccc(O)cc4)nnc3s2)[se]c2cccc(Nc3ccc(F)c(Cl)c3)c12. The first-order chi connectivity index (χ1) is 16.5. The number of fused-ring (bicyclic) bond motifs is 2. The zero-order chi connectivity index (χ0) is 23.4. The molecule has 3 heterocycles. The van der Waals surface area contributed by atoms with Gasteiger partial charge in [0.1, 0.15) is 0 Å². The standard InChI is InChI=1S/C24H15ClFN5OSSe/c1-12-20-18(27-14-7-10-17(26)16(25)11-14)3-2-4-19(20)34-21(12)23-30-31-22(28-29-24(31)33-23)13-5-8-15(32)9-6-13/h2-11,27,32H,1H3. The van der Waals surface area contributed by atoms with Gasteiger partial charge in [0.2, 0.25) is 0 Å². The number of aromatic hydroxyl groups is 1. The minimum absolute atomic E-state index is 0.0690. The fourth-order valence-corrected chi connectivity index (χ4v) is 7.67. The van der Waals surface area contributed by atoms with Crippen LogP contribution >= 0.6 is 22.9 Å². The Balaban J connectivity index is 1.43. The molecule has 10 heteroatoms. The molecule has 0 bridgehead atoms. The first kappa shape index (κ1) is 21.3. The van der Waals surface area contributed by atoms with E-state index in [1.165, 1.54) is 26.1 Å². The van der Waals surface area contributed by atoms with Gasteiger partial charge < -0.3 is 0 Å². The summed E-state index contributed by atoms with van der Waals surface area (Å²) in [6, 6.07) is 17.6. The topological polar surface area (TPSA) is 75.3 Å². The van der Waals surface area contributed by atoms with E-state index in [4.69, 9.17) is 16.7 Å². The monoisotopic (exact) mass is 555 g/mol. The van der Waals surface area contributed by atoms with Crippen molar-refractivity contribution >= 4 is 63.4 Å². The van der Waals surface area contributed by atoms with Crippen LogP contribution in [0.15, 0.2) is 60.7 Å². The number of nitrogens with one attached hydrogen (secondary N) is 1. The van der Waals surface area contributed by atoms with E-state index in [0.29, 0.717) is 10.8 Å². The molecule has 168 valence electrons. The number of hydrogen-bond acceptors (Lipinski definition) is 6. The van der Waals surface area contributed by atoms with E-state index in [1.807, 2.05) is 12.1 Å². The molecular weight excluding hydrogens is 540 g/mol. The number of anilines is 2. The van der Waals surface area contributed by atoms with Crippen molar-refractivity contribution in [3.63, 3.8) is 0 Å². The summed E-state index contributed by atoms with van der Waals surface area (Å²) in [5.41, 5.74) is 3.66.